The Labute approximate surface area is 185 Å². The predicted molar refractivity (Wildman–Crippen MR) is 114 cm³/mol. The van der Waals surface area contributed by atoms with E-state index in [9.17, 15) is 27.3 Å². The fraction of sp³-hybridized carbons (Fsp3) is 0.526. The van der Waals surface area contributed by atoms with Gasteiger partial charge in [0.05, 0.1) is 16.4 Å². The zero-order valence-electron chi connectivity index (χ0n) is 17.9. The van der Waals surface area contributed by atoms with Crippen LogP contribution in [-0.2, 0) is 16.6 Å². The van der Waals surface area contributed by atoms with Crippen molar-refractivity contribution in [2.24, 2.45) is 0 Å². The van der Waals surface area contributed by atoms with Crippen LogP contribution >= 0.6 is 0 Å². The van der Waals surface area contributed by atoms with Crippen molar-refractivity contribution >= 4 is 21.4 Å². The maximum absolute atomic E-state index is 13.0. The Hall–Kier alpha value is -2.64. The number of anilines is 1. The fourth-order valence-electron chi connectivity index (χ4n) is 3.78. The lowest BCUT2D eigenvalue weighted by Crippen LogP contribution is -2.46. The topological polar surface area (TPSA) is 105 Å². The molecule has 0 unspecified atom stereocenters. The number of hydrogen-bond acceptors (Lipinski definition) is 7. The number of nitrogens with zero attached hydrogens (tertiary/aromatic N) is 6. The Morgan fingerprint density at radius 3 is 2.41 bits per heavy atom. The predicted octanol–water partition coefficient (Wildman–Crippen LogP) is 2.54. The average molecular weight is 473 g/mol. The van der Waals surface area contributed by atoms with Crippen molar-refractivity contribution in [3.8, 4) is 0 Å². The Balaban J connectivity index is 1.76. The van der Waals surface area contributed by atoms with E-state index in [1.54, 1.807) is 13.8 Å². The molecule has 0 spiro atoms. The summed E-state index contributed by atoms with van der Waals surface area (Å²) in [5.74, 6) is 0.255. The van der Waals surface area contributed by atoms with Crippen molar-refractivity contribution in [1.29, 1.82) is 0 Å². The Morgan fingerprint density at radius 1 is 1.19 bits per heavy atom. The van der Waals surface area contributed by atoms with E-state index in [1.165, 1.54) is 28.8 Å². The molecule has 0 saturated carbocycles. The van der Waals surface area contributed by atoms with Crippen LogP contribution in [0.15, 0.2) is 35.5 Å². The highest BCUT2D eigenvalue weighted by atomic mass is 32.2. The lowest BCUT2D eigenvalue weighted by atomic mass is 10.2. The summed E-state index contributed by atoms with van der Waals surface area (Å²) in [5.41, 5.74) is 0.0575. The molecule has 1 aliphatic heterocycles. The molecule has 2 aromatic rings. The minimum absolute atomic E-state index is 0.117. The molecule has 10 nitrogen and oxygen atoms in total. The first-order valence-electron chi connectivity index (χ1n) is 10.2. The van der Waals surface area contributed by atoms with E-state index < -0.39 is 21.5 Å². The van der Waals surface area contributed by atoms with E-state index in [4.69, 9.17) is 0 Å². The van der Waals surface area contributed by atoms with E-state index in [-0.39, 0.29) is 36.0 Å². The third kappa shape index (κ3) is 4.89. The molecule has 13 heteroatoms. The number of rotatable bonds is 9. The summed E-state index contributed by atoms with van der Waals surface area (Å²) < 4.78 is 53.6. The van der Waals surface area contributed by atoms with Crippen LogP contribution in [0.1, 0.15) is 26.2 Å². The molecule has 176 valence electrons. The van der Waals surface area contributed by atoms with Gasteiger partial charge in [0, 0.05) is 57.7 Å². The highest BCUT2D eigenvalue weighted by molar-refractivity contribution is 7.89. The Morgan fingerprint density at radius 2 is 1.84 bits per heavy atom. The fourth-order valence-corrected chi connectivity index (χ4v) is 5.26. The molecule has 0 amide bonds. The third-order valence-corrected chi connectivity index (χ3v) is 7.57. The SMILES string of the molecule is CCN(CC)S(=O)(=O)c1ccc(N2CCN(Cc3nccn3C(F)F)CC2)c([N+](=O)[O-])c1. The van der Waals surface area contributed by atoms with Gasteiger partial charge >= 0.3 is 6.55 Å². The normalized spacial score (nSPS) is 15.6. The van der Waals surface area contributed by atoms with Crippen molar-refractivity contribution in [3.63, 3.8) is 0 Å². The van der Waals surface area contributed by atoms with Gasteiger partial charge < -0.3 is 4.90 Å². The van der Waals surface area contributed by atoms with Crippen LogP contribution in [0.4, 0.5) is 20.2 Å². The molecular weight excluding hydrogens is 446 g/mol. The molecule has 1 aromatic heterocycles. The molecule has 0 radical (unpaired) electrons. The minimum Gasteiger partial charge on any atom is -0.363 e. The lowest BCUT2D eigenvalue weighted by molar-refractivity contribution is -0.384. The van der Waals surface area contributed by atoms with E-state index in [2.05, 4.69) is 4.98 Å². The number of aromatic nitrogens is 2. The second-order valence-electron chi connectivity index (χ2n) is 7.29. The zero-order chi connectivity index (χ0) is 23.5. The molecule has 0 aliphatic carbocycles. The van der Waals surface area contributed by atoms with Crippen LogP contribution in [0.25, 0.3) is 0 Å². The summed E-state index contributed by atoms with van der Waals surface area (Å²) in [4.78, 5) is 18.7. The van der Waals surface area contributed by atoms with Crippen molar-refractivity contribution in [3.05, 3.63) is 46.5 Å². The number of sulfonamides is 1. The van der Waals surface area contributed by atoms with Gasteiger partial charge in [-0.15, -0.1) is 0 Å². The largest absolute Gasteiger partial charge is 0.363 e. The van der Waals surface area contributed by atoms with Gasteiger partial charge in [-0.3, -0.25) is 19.6 Å². The number of hydrogen-bond donors (Lipinski definition) is 0. The van der Waals surface area contributed by atoms with Crippen LogP contribution in [-0.4, -0.2) is 71.4 Å². The Kier molecular flexibility index (Phi) is 7.41. The highest BCUT2D eigenvalue weighted by Crippen LogP contribution is 2.32. The van der Waals surface area contributed by atoms with E-state index in [0.717, 1.165) is 10.6 Å². The van der Waals surface area contributed by atoms with Gasteiger partial charge in [0.15, 0.2) is 0 Å². The maximum Gasteiger partial charge on any atom is 0.319 e. The first kappa shape index (κ1) is 24.0. The summed E-state index contributed by atoms with van der Waals surface area (Å²) in [6.45, 7) is 3.36. The van der Waals surface area contributed by atoms with E-state index in [0.29, 0.717) is 31.9 Å². The van der Waals surface area contributed by atoms with Crippen molar-refractivity contribution in [2.45, 2.75) is 31.8 Å². The van der Waals surface area contributed by atoms with Crippen molar-refractivity contribution in [2.75, 3.05) is 44.2 Å². The first-order valence-corrected chi connectivity index (χ1v) is 11.7. The summed E-state index contributed by atoms with van der Waals surface area (Å²) in [6.07, 6.45) is 2.56. The van der Waals surface area contributed by atoms with Crippen LogP contribution in [0.5, 0.6) is 0 Å². The number of benzene rings is 1. The van der Waals surface area contributed by atoms with Gasteiger partial charge in [-0.2, -0.15) is 13.1 Å². The third-order valence-electron chi connectivity index (χ3n) is 5.52. The zero-order valence-corrected chi connectivity index (χ0v) is 18.7. The number of nitro benzene ring substituents is 1. The molecule has 32 heavy (non-hydrogen) atoms. The smallest absolute Gasteiger partial charge is 0.319 e. The van der Waals surface area contributed by atoms with Gasteiger partial charge in [-0.05, 0) is 12.1 Å². The summed E-state index contributed by atoms with van der Waals surface area (Å²) in [6, 6.07) is 3.96. The quantitative estimate of drug-likeness (QED) is 0.408. The first-order chi connectivity index (χ1) is 15.2. The van der Waals surface area contributed by atoms with Gasteiger partial charge in [-0.1, -0.05) is 13.8 Å². The number of piperazine rings is 1. The van der Waals surface area contributed by atoms with Gasteiger partial charge in [0.2, 0.25) is 10.0 Å². The van der Waals surface area contributed by atoms with Gasteiger partial charge in [-0.25, -0.2) is 13.4 Å². The van der Waals surface area contributed by atoms with E-state index >= 15 is 0 Å². The lowest BCUT2D eigenvalue weighted by Gasteiger charge is -2.35. The maximum atomic E-state index is 13.0. The second kappa shape index (κ2) is 9.88. The highest BCUT2D eigenvalue weighted by Gasteiger charge is 2.29. The standard InChI is InChI=1S/C19H26F2N6O4S/c1-3-25(4-2)32(30,31)15-5-6-16(17(13-15)27(28)29)24-11-9-23(10-12-24)14-18-22-7-8-26(18)19(20)21/h5-8,13,19H,3-4,9-12,14H2,1-2H3. The van der Waals surface area contributed by atoms with Crippen LogP contribution in [0.2, 0.25) is 0 Å². The second-order valence-corrected chi connectivity index (χ2v) is 9.23. The summed E-state index contributed by atoms with van der Waals surface area (Å²) >= 11 is 0. The molecule has 0 atom stereocenters. The average Bonchev–Trinajstić information content (AvgIpc) is 3.23. The molecule has 1 saturated heterocycles. The monoisotopic (exact) mass is 472 g/mol. The van der Waals surface area contributed by atoms with Gasteiger partial charge in [0.25, 0.3) is 5.69 Å². The summed E-state index contributed by atoms with van der Waals surface area (Å²) in [5, 5.41) is 11.7. The van der Waals surface area contributed by atoms with E-state index in [1.807, 2.05) is 9.80 Å². The Bertz CT molecular complexity index is 1050. The van der Waals surface area contributed by atoms with Crippen LogP contribution in [0, 0.1) is 10.1 Å². The van der Waals surface area contributed by atoms with Crippen molar-refractivity contribution in [1.82, 2.24) is 18.8 Å². The molecule has 1 aliphatic rings. The number of halogens is 2. The molecule has 0 bridgehead atoms. The molecule has 3 rings (SSSR count). The molecule has 1 fully saturated rings. The van der Waals surface area contributed by atoms with Crippen LogP contribution < -0.4 is 4.90 Å². The van der Waals surface area contributed by atoms with Gasteiger partial charge in [0.1, 0.15) is 11.5 Å². The minimum atomic E-state index is -3.82. The molecule has 1 aromatic carbocycles. The van der Waals surface area contributed by atoms with Crippen molar-refractivity contribution < 1.29 is 22.1 Å². The number of nitro groups is 1. The molecular formula is C19H26F2N6O4S. The molecule has 0 N–H and O–H groups in total. The number of imidazole rings is 1. The summed E-state index contributed by atoms with van der Waals surface area (Å²) in [7, 11) is -3.82. The number of alkyl halides is 2. The molecule has 2 heterocycles. The van der Waals surface area contributed by atoms with Crippen LogP contribution in [0.3, 0.4) is 0 Å².